The van der Waals surface area contributed by atoms with Crippen LogP contribution >= 0.6 is 0 Å². The molecule has 0 bridgehead atoms. The van der Waals surface area contributed by atoms with Crippen molar-refractivity contribution in [3.05, 3.63) is 109 Å². The monoisotopic (exact) mass is 744 g/mol. The van der Waals surface area contributed by atoms with Crippen molar-refractivity contribution in [1.29, 1.82) is 0 Å². The van der Waals surface area contributed by atoms with E-state index in [9.17, 15) is 27.6 Å². The number of sulfonamides is 1. The molecule has 14 heteroatoms. The van der Waals surface area contributed by atoms with Gasteiger partial charge in [0.15, 0.2) is 5.78 Å². The van der Waals surface area contributed by atoms with Crippen molar-refractivity contribution in [2.75, 3.05) is 13.1 Å². The maximum absolute atomic E-state index is 14.5. The molecular weight excluding hydrogens is 699 g/mol. The van der Waals surface area contributed by atoms with Crippen LogP contribution in [-0.4, -0.2) is 79.3 Å². The van der Waals surface area contributed by atoms with E-state index in [1.54, 1.807) is 48.9 Å². The molecule has 0 spiro atoms. The van der Waals surface area contributed by atoms with Crippen molar-refractivity contribution in [1.82, 2.24) is 19.8 Å². The van der Waals surface area contributed by atoms with E-state index >= 15 is 0 Å². The number of piperidine rings is 1. The number of nitrogens with zero attached hydrogens (tertiary/aromatic N) is 3. The first-order valence-electron chi connectivity index (χ1n) is 17.8. The first kappa shape index (κ1) is 39.1. The van der Waals surface area contributed by atoms with E-state index in [0.29, 0.717) is 25.7 Å². The van der Waals surface area contributed by atoms with E-state index in [1.165, 1.54) is 21.9 Å². The van der Waals surface area contributed by atoms with E-state index in [-0.39, 0.29) is 55.3 Å². The zero-order chi connectivity index (χ0) is 37.8. The molecule has 0 saturated carbocycles. The fourth-order valence-electron chi connectivity index (χ4n) is 6.41. The van der Waals surface area contributed by atoms with Crippen LogP contribution in [0.2, 0.25) is 0 Å². The third kappa shape index (κ3) is 11.0. The third-order valence-electron chi connectivity index (χ3n) is 8.94. The minimum Gasteiger partial charge on any atom is -0.444 e. The van der Waals surface area contributed by atoms with Crippen molar-refractivity contribution >= 4 is 39.9 Å². The van der Waals surface area contributed by atoms with Gasteiger partial charge in [-0.15, -0.1) is 4.99 Å². The second kappa shape index (κ2) is 18.6. The molecular formula is C39H46N5O8S. The molecule has 5 rings (SSSR count). The molecule has 0 aliphatic carbocycles. The number of Topliss-reactive ketones (excluding diaryl/α,β-unsaturated/α-hetero) is 1. The molecule has 0 aromatic heterocycles. The molecule has 3 atom stereocenters. The van der Waals surface area contributed by atoms with Crippen LogP contribution < -0.4 is 10.0 Å². The predicted molar refractivity (Wildman–Crippen MR) is 198 cm³/mol. The Kier molecular flexibility index (Phi) is 13.7. The van der Waals surface area contributed by atoms with Crippen molar-refractivity contribution in [3.8, 4) is 0 Å². The van der Waals surface area contributed by atoms with Crippen molar-refractivity contribution in [3.63, 3.8) is 0 Å². The van der Waals surface area contributed by atoms with Crippen molar-refractivity contribution < 1.29 is 37.1 Å². The number of hydrogen-bond acceptors (Lipinski definition) is 8. The summed E-state index contributed by atoms with van der Waals surface area (Å²) in [5, 5.41) is 2.56. The van der Waals surface area contributed by atoms with Crippen LogP contribution in [0.3, 0.4) is 0 Å². The lowest BCUT2D eigenvalue weighted by molar-refractivity contribution is -0.140. The van der Waals surface area contributed by atoms with Crippen LogP contribution in [-0.2, 0) is 42.3 Å². The smallest absolute Gasteiger partial charge is 0.437 e. The summed E-state index contributed by atoms with van der Waals surface area (Å²) in [5.41, 5.74) is 1.48. The summed E-state index contributed by atoms with van der Waals surface area (Å²) in [6.07, 6.45) is 2.17. The highest BCUT2D eigenvalue weighted by atomic mass is 32.2. The standard InChI is InChI=1S/C39H46N5O8S/c1-28(2)25-32(42-53(49,50)31-19-10-5-11-20-31)36(46)43-24-14-22-33(43)35(45)34-21-12-13-23-44(34)37(40-38(47)51-26-29-15-6-3-7-16-29)41-39(48)52-27-30-17-8-4-9-18-30/h3-11,15-21,28,32-34,42H,12-14,22-27H2,1-2H3,(H,40,41,47,48)/t32-,33+,34?/m1/s1. The highest BCUT2D eigenvalue weighted by molar-refractivity contribution is 7.89. The SMILES string of the molecule is CC(C)C[C@@H](NS(=O)(=O)c1ccccc1)C(=O)N1CCC[C@H]1C(=O)C1[CH]CCCN1C(=NC(=O)OCc1ccccc1)NC(=O)OCc1ccccc1. The van der Waals surface area contributed by atoms with Gasteiger partial charge in [0.05, 0.1) is 17.0 Å². The van der Waals surface area contributed by atoms with Gasteiger partial charge in [0.1, 0.15) is 19.3 Å². The van der Waals surface area contributed by atoms with Gasteiger partial charge in [0.2, 0.25) is 21.9 Å². The van der Waals surface area contributed by atoms with Gasteiger partial charge in [0, 0.05) is 13.1 Å². The number of rotatable bonds is 12. The zero-order valence-electron chi connectivity index (χ0n) is 29.9. The number of amides is 3. The Morgan fingerprint density at radius 3 is 2.02 bits per heavy atom. The average molecular weight is 745 g/mol. The largest absolute Gasteiger partial charge is 0.444 e. The molecule has 2 aliphatic heterocycles. The Bertz CT molecular complexity index is 1840. The van der Waals surface area contributed by atoms with E-state index in [0.717, 1.165) is 11.1 Å². The number of carbonyl (C=O) groups excluding carboxylic acids is 4. The van der Waals surface area contributed by atoms with Crippen LogP contribution in [0.4, 0.5) is 9.59 Å². The molecule has 3 aromatic carbocycles. The number of ether oxygens (including phenoxy) is 2. The minimum atomic E-state index is -4.03. The van der Waals surface area contributed by atoms with Crippen molar-refractivity contribution in [2.24, 2.45) is 10.9 Å². The highest BCUT2D eigenvalue weighted by Gasteiger charge is 2.43. The lowest BCUT2D eigenvalue weighted by atomic mass is 9.93. The number of hydrogen-bond donors (Lipinski definition) is 2. The molecule has 53 heavy (non-hydrogen) atoms. The Balaban J connectivity index is 1.36. The van der Waals surface area contributed by atoms with E-state index in [2.05, 4.69) is 15.0 Å². The summed E-state index contributed by atoms with van der Waals surface area (Å²) in [6.45, 7) is 4.20. The number of alkyl carbamates (subject to hydrolysis) is 1. The van der Waals surface area contributed by atoms with E-state index in [4.69, 9.17) is 9.47 Å². The third-order valence-corrected chi connectivity index (χ3v) is 10.4. The lowest BCUT2D eigenvalue weighted by Crippen LogP contribution is -2.59. The normalized spacial score (nSPS) is 18.4. The van der Waals surface area contributed by atoms with Crippen molar-refractivity contribution in [2.45, 2.75) is 82.2 Å². The summed E-state index contributed by atoms with van der Waals surface area (Å²) >= 11 is 0. The highest BCUT2D eigenvalue weighted by Crippen LogP contribution is 2.27. The van der Waals surface area contributed by atoms with E-state index in [1.807, 2.05) is 50.2 Å². The molecule has 281 valence electrons. The second-order valence-electron chi connectivity index (χ2n) is 13.4. The Morgan fingerprint density at radius 2 is 1.40 bits per heavy atom. The number of aliphatic imine (C=N–C) groups is 1. The van der Waals surface area contributed by atoms with E-state index < -0.39 is 46.2 Å². The number of nitrogens with one attached hydrogen (secondary N) is 2. The first-order chi connectivity index (χ1) is 25.5. The molecule has 2 fully saturated rings. The van der Waals surface area contributed by atoms with Gasteiger partial charge in [-0.05, 0) is 67.7 Å². The number of ketones is 1. The number of guanidine groups is 1. The molecule has 1 radical (unpaired) electrons. The van der Waals surface area contributed by atoms with Gasteiger partial charge in [-0.25, -0.2) is 18.0 Å². The Hall–Kier alpha value is -5.08. The maximum atomic E-state index is 14.5. The number of likely N-dealkylation sites (tertiary alicyclic amines) is 2. The molecule has 2 heterocycles. The summed E-state index contributed by atoms with van der Waals surface area (Å²) in [4.78, 5) is 61.8. The molecule has 2 N–H and O–H groups in total. The van der Waals surface area contributed by atoms with Crippen LogP contribution in [0.15, 0.2) is 101 Å². The Labute approximate surface area is 310 Å². The van der Waals surface area contributed by atoms with Crippen LogP contribution in [0.25, 0.3) is 0 Å². The summed E-state index contributed by atoms with van der Waals surface area (Å²) < 4.78 is 40.0. The predicted octanol–water partition coefficient (Wildman–Crippen LogP) is 5.23. The molecule has 2 saturated heterocycles. The fourth-order valence-corrected chi connectivity index (χ4v) is 7.64. The number of carbonyl (C=O) groups is 4. The van der Waals surface area contributed by atoms with Gasteiger partial charge in [0.25, 0.3) is 0 Å². The second-order valence-corrected chi connectivity index (χ2v) is 15.1. The zero-order valence-corrected chi connectivity index (χ0v) is 30.7. The van der Waals surface area contributed by atoms with Crippen LogP contribution in [0, 0.1) is 12.3 Å². The maximum Gasteiger partial charge on any atom is 0.437 e. The topological polar surface area (TPSA) is 164 Å². The van der Waals surface area contributed by atoms with Gasteiger partial charge >= 0.3 is 12.2 Å². The molecule has 2 aliphatic rings. The molecule has 3 aromatic rings. The molecule has 1 unspecified atom stereocenters. The lowest BCUT2D eigenvalue weighted by Gasteiger charge is -2.39. The fraction of sp³-hybridized carbons (Fsp3) is 0.385. The first-order valence-corrected chi connectivity index (χ1v) is 19.3. The Morgan fingerprint density at radius 1 is 0.811 bits per heavy atom. The van der Waals surface area contributed by atoms with Gasteiger partial charge in [-0.3, -0.25) is 14.9 Å². The van der Waals surface area contributed by atoms with Gasteiger partial charge in [-0.1, -0.05) is 92.7 Å². The van der Waals surface area contributed by atoms with Crippen LogP contribution in [0.1, 0.15) is 57.1 Å². The minimum absolute atomic E-state index is 0.0329. The van der Waals surface area contributed by atoms with Gasteiger partial charge in [-0.2, -0.15) is 4.72 Å². The van der Waals surface area contributed by atoms with Crippen LogP contribution in [0.5, 0.6) is 0 Å². The summed E-state index contributed by atoms with van der Waals surface area (Å²) in [6, 6.07) is 23.0. The van der Waals surface area contributed by atoms with Gasteiger partial charge < -0.3 is 19.3 Å². The average Bonchev–Trinajstić information content (AvgIpc) is 3.66. The quantitative estimate of drug-likeness (QED) is 0.187. The molecule has 13 nitrogen and oxygen atoms in total. The molecule has 3 amide bonds. The summed E-state index contributed by atoms with van der Waals surface area (Å²) in [7, 11) is -4.03. The summed E-state index contributed by atoms with van der Waals surface area (Å²) in [5.74, 6) is -1.08. The number of benzene rings is 3.